The third-order valence-electron chi connectivity index (χ3n) is 4.08. The van der Waals surface area contributed by atoms with E-state index in [9.17, 15) is 0 Å². The zero-order chi connectivity index (χ0) is 18.1. The molecule has 0 radical (unpaired) electrons. The van der Waals surface area contributed by atoms with Gasteiger partial charge in [-0.05, 0) is 49.0 Å². The fourth-order valence-electron chi connectivity index (χ4n) is 2.68. The van der Waals surface area contributed by atoms with Crippen LogP contribution in [0.15, 0.2) is 59.3 Å². The molecule has 2 nitrogen and oxygen atoms in total. The van der Waals surface area contributed by atoms with Gasteiger partial charge in [0.15, 0.2) is 0 Å². The smallest absolute Gasteiger partial charge is 0.0821 e. The standard InChI is InChI=1S/C23H25NO/c1-4-5-6-10-21(17-24-25)23(22-11-8-7-9-19(22)3)16-20-14-12-18(2)13-15-20/h7-9,11-15,17,25H,4-5,16H2,1-3H3/b23-21-,24-17+. The van der Waals surface area contributed by atoms with E-state index in [0.29, 0.717) is 0 Å². The van der Waals surface area contributed by atoms with Crippen LogP contribution in [-0.4, -0.2) is 11.4 Å². The van der Waals surface area contributed by atoms with Crippen molar-refractivity contribution in [3.8, 4) is 11.8 Å². The molecule has 2 rings (SSSR count). The molecule has 0 fully saturated rings. The second-order valence-electron chi connectivity index (χ2n) is 6.17. The maximum Gasteiger partial charge on any atom is 0.0821 e. The Labute approximate surface area is 150 Å². The number of aryl methyl sites for hydroxylation is 2. The lowest BCUT2D eigenvalue weighted by molar-refractivity contribution is 0.322. The summed E-state index contributed by atoms with van der Waals surface area (Å²) in [6.45, 7) is 6.28. The van der Waals surface area contributed by atoms with E-state index in [-0.39, 0.29) is 0 Å². The number of oxime groups is 1. The van der Waals surface area contributed by atoms with E-state index in [1.54, 1.807) is 0 Å². The van der Waals surface area contributed by atoms with Crippen molar-refractivity contribution < 1.29 is 5.21 Å². The number of benzene rings is 2. The van der Waals surface area contributed by atoms with Crippen molar-refractivity contribution in [2.45, 2.75) is 40.0 Å². The van der Waals surface area contributed by atoms with Crippen LogP contribution in [0.5, 0.6) is 0 Å². The van der Waals surface area contributed by atoms with Gasteiger partial charge in [-0.15, -0.1) is 0 Å². The zero-order valence-electron chi connectivity index (χ0n) is 15.2. The average Bonchev–Trinajstić information content (AvgIpc) is 2.62. The van der Waals surface area contributed by atoms with Crippen LogP contribution in [0.2, 0.25) is 0 Å². The third kappa shape index (κ3) is 5.36. The minimum Gasteiger partial charge on any atom is -0.411 e. The lowest BCUT2D eigenvalue weighted by Gasteiger charge is -2.13. The highest BCUT2D eigenvalue weighted by atomic mass is 16.4. The molecule has 0 bridgehead atoms. The van der Waals surface area contributed by atoms with Crippen molar-refractivity contribution >= 4 is 11.8 Å². The molecule has 0 heterocycles. The quantitative estimate of drug-likeness (QED) is 0.331. The van der Waals surface area contributed by atoms with Crippen molar-refractivity contribution in [1.29, 1.82) is 0 Å². The van der Waals surface area contributed by atoms with Crippen molar-refractivity contribution in [2.75, 3.05) is 0 Å². The second-order valence-corrected chi connectivity index (χ2v) is 6.17. The number of rotatable bonds is 5. The van der Waals surface area contributed by atoms with E-state index in [1.165, 1.54) is 22.9 Å². The van der Waals surface area contributed by atoms with Crippen LogP contribution in [0.25, 0.3) is 5.57 Å². The summed E-state index contributed by atoms with van der Waals surface area (Å²) in [5.41, 5.74) is 6.64. The number of unbranched alkanes of at least 4 members (excludes halogenated alkanes) is 1. The van der Waals surface area contributed by atoms with Crippen LogP contribution < -0.4 is 0 Å². The first kappa shape index (κ1) is 18.5. The Hall–Kier alpha value is -2.79. The van der Waals surface area contributed by atoms with Crippen LogP contribution in [-0.2, 0) is 6.42 Å². The maximum atomic E-state index is 9.13. The lowest BCUT2D eigenvalue weighted by atomic mass is 9.91. The molecule has 0 amide bonds. The Morgan fingerprint density at radius 3 is 2.44 bits per heavy atom. The number of hydrogen-bond donors (Lipinski definition) is 1. The third-order valence-corrected chi connectivity index (χ3v) is 4.08. The van der Waals surface area contributed by atoms with Crippen molar-refractivity contribution in [3.63, 3.8) is 0 Å². The summed E-state index contributed by atoms with van der Waals surface area (Å²) >= 11 is 0. The summed E-state index contributed by atoms with van der Waals surface area (Å²) in [5.74, 6) is 6.37. The van der Waals surface area contributed by atoms with Gasteiger partial charge in [0.25, 0.3) is 0 Å². The Morgan fingerprint density at radius 2 is 1.80 bits per heavy atom. The minimum absolute atomic E-state index is 0.743. The van der Waals surface area contributed by atoms with Gasteiger partial charge in [-0.3, -0.25) is 0 Å². The van der Waals surface area contributed by atoms with E-state index >= 15 is 0 Å². The monoisotopic (exact) mass is 331 g/mol. The highest BCUT2D eigenvalue weighted by Gasteiger charge is 2.11. The van der Waals surface area contributed by atoms with Gasteiger partial charge >= 0.3 is 0 Å². The molecule has 0 saturated carbocycles. The van der Waals surface area contributed by atoms with Gasteiger partial charge in [0.05, 0.1) is 11.8 Å². The van der Waals surface area contributed by atoms with Gasteiger partial charge in [0.1, 0.15) is 0 Å². The molecule has 0 aliphatic heterocycles. The van der Waals surface area contributed by atoms with Gasteiger partial charge in [0.2, 0.25) is 0 Å². The summed E-state index contributed by atoms with van der Waals surface area (Å²) in [5, 5.41) is 12.4. The Morgan fingerprint density at radius 1 is 1.08 bits per heavy atom. The van der Waals surface area contributed by atoms with Gasteiger partial charge in [-0.1, -0.05) is 78.0 Å². The normalized spacial score (nSPS) is 11.8. The highest BCUT2D eigenvalue weighted by molar-refractivity contribution is 5.96. The Balaban J connectivity index is 2.57. The van der Waals surface area contributed by atoms with E-state index in [2.05, 4.69) is 74.2 Å². The predicted octanol–water partition coefficient (Wildman–Crippen LogP) is 5.56. The van der Waals surface area contributed by atoms with E-state index < -0.39 is 0 Å². The highest BCUT2D eigenvalue weighted by Crippen LogP contribution is 2.26. The summed E-state index contributed by atoms with van der Waals surface area (Å²) in [4.78, 5) is 0. The summed E-state index contributed by atoms with van der Waals surface area (Å²) in [6.07, 6.45) is 4.04. The molecule has 0 saturated heterocycles. The molecule has 2 aromatic rings. The van der Waals surface area contributed by atoms with E-state index in [1.807, 2.05) is 12.1 Å². The van der Waals surface area contributed by atoms with Crippen LogP contribution in [0, 0.1) is 25.7 Å². The first-order valence-electron chi connectivity index (χ1n) is 8.66. The summed E-state index contributed by atoms with van der Waals surface area (Å²) in [6, 6.07) is 16.8. The van der Waals surface area contributed by atoms with Crippen LogP contribution >= 0.6 is 0 Å². The second kappa shape index (κ2) is 9.49. The minimum atomic E-state index is 0.743. The number of nitrogens with zero attached hydrogens (tertiary/aromatic N) is 1. The van der Waals surface area contributed by atoms with E-state index in [0.717, 1.165) is 36.0 Å². The molecular weight excluding hydrogens is 306 g/mol. The predicted molar refractivity (Wildman–Crippen MR) is 106 cm³/mol. The molecular formula is C23H25NO. The van der Waals surface area contributed by atoms with Crippen LogP contribution in [0.4, 0.5) is 0 Å². The molecule has 0 spiro atoms. The Kier molecular flexibility index (Phi) is 7.04. The lowest BCUT2D eigenvalue weighted by Crippen LogP contribution is -1.99. The fourth-order valence-corrected chi connectivity index (χ4v) is 2.68. The molecule has 2 aromatic carbocycles. The van der Waals surface area contributed by atoms with Crippen molar-refractivity contribution in [2.24, 2.45) is 5.16 Å². The van der Waals surface area contributed by atoms with Crippen molar-refractivity contribution in [3.05, 3.63) is 76.4 Å². The topological polar surface area (TPSA) is 32.6 Å². The molecule has 1 N–H and O–H groups in total. The van der Waals surface area contributed by atoms with Crippen molar-refractivity contribution in [1.82, 2.24) is 0 Å². The maximum absolute atomic E-state index is 9.13. The molecule has 128 valence electrons. The SMILES string of the molecule is CCCC#CC(/C=N/O)=C(\Cc1ccc(C)cc1)c1ccccc1C. The molecule has 2 heteroatoms. The summed E-state index contributed by atoms with van der Waals surface area (Å²) in [7, 11) is 0. The first-order valence-corrected chi connectivity index (χ1v) is 8.66. The van der Waals surface area contributed by atoms with Gasteiger partial charge in [0, 0.05) is 6.42 Å². The number of allylic oxidation sites excluding steroid dienone is 2. The zero-order valence-corrected chi connectivity index (χ0v) is 15.2. The molecule has 0 aromatic heterocycles. The largest absolute Gasteiger partial charge is 0.411 e. The molecule has 0 atom stereocenters. The van der Waals surface area contributed by atoms with Crippen LogP contribution in [0.3, 0.4) is 0 Å². The Bertz CT molecular complexity index is 817. The average molecular weight is 331 g/mol. The number of hydrogen-bond acceptors (Lipinski definition) is 2. The molecule has 0 unspecified atom stereocenters. The van der Waals surface area contributed by atoms with Gasteiger partial charge in [-0.25, -0.2) is 0 Å². The molecule has 0 aliphatic rings. The first-order chi connectivity index (χ1) is 12.2. The van der Waals surface area contributed by atoms with Gasteiger partial charge in [-0.2, -0.15) is 0 Å². The van der Waals surface area contributed by atoms with Crippen LogP contribution in [0.1, 0.15) is 42.0 Å². The van der Waals surface area contributed by atoms with E-state index in [4.69, 9.17) is 5.21 Å². The summed E-state index contributed by atoms with van der Waals surface area (Å²) < 4.78 is 0. The fraction of sp³-hybridized carbons (Fsp3) is 0.261. The molecule has 25 heavy (non-hydrogen) atoms. The van der Waals surface area contributed by atoms with Gasteiger partial charge < -0.3 is 5.21 Å². The molecule has 0 aliphatic carbocycles.